The van der Waals surface area contributed by atoms with E-state index in [-0.39, 0.29) is 5.38 Å². The highest BCUT2D eigenvalue weighted by atomic mass is 127. The van der Waals surface area contributed by atoms with Gasteiger partial charge in [-0.05, 0) is 48.3 Å². The van der Waals surface area contributed by atoms with Crippen LogP contribution in [0.3, 0.4) is 0 Å². The first-order valence-electron chi connectivity index (χ1n) is 4.14. The third-order valence-corrected chi connectivity index (χ3v) is 3.12. The van der Waals surface area contributed by atoms with Gasteiger partial charge in [-0.25, -0.2) is 0 Å². The third kappa shape index (κ3) is 3.44. The van der Waals surface area contributed by atoms with E-state index < -0.39 is 0 Å². The van der Waals surface area contributed by atoms with E-state index in [9.17, 15) is 0 Å². The number of halogens is 2. The molecular weight excluding hydrogens is 296 g/mol. The number of likely N-dealkylation sites (N-methyl/N-ethyl adjacent to an activating group) is 1. The van der Waals surface area contributed by atoms with Gasteiger partial charge in [0.1, 0.15) is 0 Å². The number of benzene rings is 1. The molecule has 0 bridgehead atoms. The minimum Gasteiger partial charge on any atom is -0.308 e. The Bertz CT molecular complexity index is 275. The summed E-state index contributed by atoms with van der Waals surface area (Å²) in [4.78, 5) is 2.10. The Morgan fingerprint density at radius 1 is 1.38 bits per heavy atom. The first kappa shape index (κ1) is 11.3. The van der Waals surface area contributed by atoms with Crippen LogP contribution in [0, 0.1) is 3.57 Å². The molecule has 1 unspecified atom stereocenters. The Morgan fingerprint density at radius 3 is 2.54 bits per heavy atom. The van der Waals surface area contributed by atoms with E-state index in [4.69, 9.17) is 11.6 Å². The van der Waals surface area contributed by atoms with Crippen LogP contribution >= 0.6 is 34.2 Å². The van der Waals surface area contributed by atoms with Crippen LogP contribution in [0.15, 0.2) is 24.3 Å². The highest BCUT2D eigenvalue weighted by Gasteiger charge is 2.11. The van der Waals surface area contributed by atoms with E-state index in [1.54, 1.807) is 0 Å². The predicted octanol–water partition coefficient (Wildman–Crippen LogP) is 3.13. The minimum absolute atomic E-state index is 0.0862. The van der Waals surface area contributed by atoms with Crippen LogP contribution in [0.25, 0.3) is 0 Å². The maximum Gasteiger partial charge on any atom is 0.0722 e. The lowest BCUT2D eigenvalue weighted by molar-refractivity contribution is 0.407. The molecule has 0 aromatic heterocycles. The van der Waals surface area contributed by atoms with E-state index in [1.165, 1.54) is 9.13 Å². The summed E-state index contributed by atoms with van der Waals surface area (Å²) in [6, 6.07) is 8.23. The first-order chi connectivity index (χ1) is 6.11. The summed E-state index contributed by atoms with van der Waals surface area (Å²) < 4.78 is 1.24. The van der Waals surface area contributed by atoms with Crippen LogP contribution in [-0.4, -0.2) is 25.5 Å². The van der Waals surface area contributed by atoms with Gasteiger partial charge in [0, 0.05) is 10.1 Å². The Balaban J connectivity index is 2.76. The van der Waals surface area contributed by atoms with Gasteiger partial charge in [0.15, 0.2) is 0 Å². The van der Waals surface area contributed by atoms with E-state index in [2.05, 4.69) is 39.6 Å². The monoisotopic (exact) mass is 309 g/mol. The van der Waals surface area contributed by atoms with E-state index in [1.807, 2.05) is 26.2 Å². The van der Waals surface area contributed by atoms with E-state index in [0.29, 0.717) is 0 Å². The Morgan fingerprint density at radius 2 is 2.00 bits per heavy atom. The number of hydrogen-bond acceptors (Lipinski definition) is 1. The van der Waals surface area contributed by atoms with Crippen molar-refractivity contribution >= 4 is 34.2 Å². The lowest BCUT2D eigenvalue weighted by Gasteiger charge is -2.16. The van der Waals surface area contributed by atoms with Gasteiger partial charge in [0.05, 0.1) is 5.38 Å². The summed E-state index contributed by atoms with van der Waals surface area (Å²) in [5.41, 5.74) is 1.22. The molecule has 0 aliphatic heterocycles. The van der Waals surface area contributed by atoms with Crippen molar-refractivity contribution in [3.8, 4) is 0 Å². The van der Waals surface area contributed by atoms with Gasteiger partial charge in [0.2, 0.25) is 0 Å². The summed E-state index contributed by atoms with van der Waals surface area (Å²) in [7, 11) is 4.07. The van der Waals surface area contributed by atoms with Crippen molar-refractivity contribution in [2.75, 3.05) is 20.6 Å². The minimum atomic E-state index is 0.0862. The lowest BCUT2D eigenvalue weighted by Crippen LogP contribution is -2.17. The predicted molar refractivity (Wildman–Crippen MR) is 66.3 cm³/mol. The second-order valence-corrected chi connectivity index (χ2v) is 4.94. The van der Waals surface area contributed by atoms with Gasteiger partial charge in [-0.1, -0.05) is 18.2 Å². The first-order valence-corrected chi connectivity index (χ1v) is 5.66. The van der Waals surface area contributed by atoms with Gasteiger partial charge in [-0.2, -0.15) is 0 Å². The number of alkyl halides is 1. The smallest absolute Gasteiger partial charge is 0.0722 e. The third-order valence-electron chi connectivity index (χ3n) is 1.77. The standard InChI is InChI=1S/C10H13ClIN/c1-13(2)7-9(11)8-5-3-4-6-10(8)12/h3-6,9H,7H2,1-2H3. The second kappa shape index (κ2) is 5.17. The maximum absolute atomic E-state index is 6.26. The molecule has 13 heavy (non-hydrogen) atoms. The van der Waals surface area contributed by atoms with Gasteiger partial charge < -0.3 is 4.90 Å². The van der Waals surface area contributed by atoms with E-state index in [0.717, 1.165) is 6.54 Å². The molecule has 0 spiro atoms. The summed E-state index contributed by atoms with van der Waals surface area (Å²) in [5.74, 6) is 0. The molecule has 1 aromatic carbocycles. The fourth-order valence-electron chi connectivity index (χ4n) is 1.15. The average Bonchev–Trinajstić information content (AvgIpc) is 2.03. The van der Waals surface area contributed by atoms with Crippen molar-refractivity contribution in [1.29, 1.82) is 0 Å². The van der Waals surface area contributed by atoms with Crippen molar-refractivity contribution in [2.45, 2.75) is 5.38 Å². The van der Waals surface area contributed by atoms with Crippen molar-refractivity contribution in [3.63, 3.8) is 0 Å². The molecule has 0 saturated carbocycles. The van der Waals surface area contributed by atoms with Crippen LogP contribution in [0.1, 0.15) is 10.9 Å². The topological polar surface area (TPSA) is 3.24 Å². The molecule has 1 atom stereocenters. The van der Waals surface area contributed by atoms with Crippen molar-refractivity contribution < 1.29 is 0 Å². The molecule has 0 amide bonds. The van der Waals surface area contributed by atoms with Crippen LogP contribution < -0.4 is 0 Å². The summed E-state index contributed by atoms with van der Waals surface area (Å²) in [6.45, 7) is 0.877. The molecular formula is C10H13ClIN. The zero-order valence-corrected chi connectivity index (χ0v) is 10.7. The zero-order chi connectivity index (χ0) is 9.84. The van der Waals surface area contributed by atoms with Crippen LogP contribution in [0.2, 0.25) is 0 Å². The summed E-state index contributed by atoms with van der Waals surface area (Å²) in [6.07, 6.45) is 0. The largest absolute Gasteiger partial charge is 0.308 e. The quantitative estimate of drug-likeness (QED) is 0.612. The molecule has 1 nitrogen and oxygen atoms in total. The molecule has 0 heterocycles. The van der Waals surface area contributed by atoms with Crippen molar-refractivity contribution in [2.24, 2.45) is 0 Å². The van der Waals surface area contributed by atoms with Gasteiger partial charge in [0.25, 0.3) is 0 Å². The Kier molecular flexibility index (Phi) is 4.49. The molecule has 0 radical (unpaired) electrons. The number of nitrogens with zero attached hydrogens (tertiary/aromatic N) is 1. The van der Waals surface area contributed by atoms with E-state index >= 15 is 0 Å². The van der Waals surface area contributed by atoms with Crippen LogP contribution in [-0.2, 0) is 0 Å². The average molecular weight is 310 g/mol. The van der Waals surface area contributed by atoms with Crippen LogP contribution in [0.4, 0.5) is 0 Å². The van der Waals surface area contributed by atoms with Crippen molar-refractivity contribution in [3.05, 3.63) is 33.4 Å². The highest BCUT2D eigenvalue weighted by Crippen LogP contribution is 2.25. The molecule has 0 saturated heterocycles. The molecule has 0 aliphatic carbocycles. The molecule has 3 heteroatoms. The normalized spacial score (nSPS) is 13.3. The fourth-order valence-corrected chi connectivity index (χ4v) is 2.56. The maximum atomic E-state index is 6.26. The number of hydrogen-bond donors (Lipinski definition) is 0. The summed E-state index contributed by atoms with van der Waals surface area (Å²) >= 11 is 8.58. The van der Waals surface area contributed by atoms with Gasteiger partial charge >= 0.3 is 0 Å². The molecule has 0 N–H and O–H groups in total. The second-order valence-electron chi connectivity index (χ2n) is 3.25. The molecule has 72 valence electrons. The Labute approximate surface area is 98.2 Å². The number of rotatable bonds is 3. The highest BCUT2D eigenvalue weighted by molar-refractivity contribution is 14.1. The van der Waals surface area contributed by atoms with Gasteiger partial charge in [-0.3, -0.25) is 0 Å². The van der Waals surface area contributed by atoms with Gasteiger partial charge in [-0.15, -0.1) is 11.6 Å². The fraction of sp³-hybridized carbons (Fsp3) is 0.400. The zero-order valence-electron chi connectivity index (χ0n) is 7.80. The van der Waals surface area contributed by atoms with Crippen LogP contribution in [0.5, 0.6) is 0 Å². The Hall–Kier alpha value is 0.200. The SMILES string of the molecule is CN(C)CC(Cl)c1ccccc1I. The summed E-state index contributed by atoms with van der Waals surface area (Å²) in [5, 5.41) is 0.0862. The van der Waals surface area contributed by atoms with Crippen molar-refractivity contribution in [1.82, 2.24) is 4.90 Å². The lowest BCUT2D eigenvalue weighted by atomic mass is 10.1. The molecule has 1 aromatic rings. The molecule has 0 aliphatic rings. The molecule has 1 rings (SSSR count). The molecule has 0 fully saturated rings.